The van der Waals surface area contributed by atoms with Gasteiger partial charge in [-0.25, -0.2) is 4.79 Å². The van der Waals surface area contributed by atoms with E-state index in [0.717, 1.165) is 0 Å². The van der Waals surface area contributed by atoms with Crippen molar-refractivity contribution in [3.63, 3.8) is 0 Å². The Labute approximate surface area is 119 Å². The number of aliphatic carboxylic acids is 1. The first-order chi connectivity index (χ1) is 8.73. The molecule has 1 aliphatic rings. The Bertz CT molecular complexity index is 279. The van der Waals surface area contributed by atoms with E-state index >= 15 is 0 Å². The number of alkyl halides is 3. The van der Waals surface area contributed by atoms with Gasteiger partial charge in [0.05, 0.1) is 8.07 Å². The van der Waals surface area contributed by atoms with Gasteiger partial charge in [-0.2, -0.15) is 13.2 Å². The topological polar surface area (TPSA) is 68.8 Å². The van der Waals surface area contributed by atoms with E-state index in [1.807, 2.05) is 0 Å². The first-order valence-electron chi connectivity index (χ1n) is 7.03. The molecule has 0 aromatic rings. The van der Waals surface area contributed by atoms with Gasteiger partial charge in [0.2, 0.25) is 0 Å². The minimum absolute atomic E-state index is 0. The quantitative estimate of drug-likeness (QED) is 0.791. The molecule has 0 aromatic heterocycles. The highest BCUT2D eigenvalue weighted by Gasteiger charge is 2.38. The lowest BCUT2D eigenvalue weighted by Crippen LogP contribution is -2.40. The number of hydrogen-bond donors (Lipinski definition) is 1. The van der Waals surface area contributed by atoms with Crippen molar-refractivity contribution in [2.45, 2.75) is 76.3 Å². The molecule has 7 heteroatoms. The van der Waals surface area contributed by atoms with Gasteiger partial charge in [-0.3, -0.25) is 0 Å². The van der Waals surface area contributed by atoms with Crippen molar-refractivity contribution in [3.8, 4) is 0 Å². The Morgan fingerprint density at radius 2 is 1.65 bits per heavy atom. The Morgan fingerprint density at radius 1 is 1.20 bits per heavy atom. The maximum absolute atomic E-state index is 10.6. The van der Waals surface area contributed by atoms with E-state index in [2.05, 4.69) is 20.8 Å². The standard InChI is InChI=1S/C11H24Si.C2HF3O2.H2O/c1-4-11-9-7-8-10-12(11,5-2)6-3;3-2(4,5)1(6)7;/h11H,4-10H2,1-3H3;(H,6,7);1H2. The zero-order chi connectivity index (χ0) is 15.1. The third kappa shape index (κ3) is 6.26. The second-order valence-corrected chi connectivity index (χ2v) is 10.7. The molecular formula is C13H27F3O3Si. The van der Waals surface area contributed by atoms with E-state index < -0.39 is 20.2 Å². The van der Waals surface area contributed by atoms with E-state index in [1.165, 1.54) is 18.4 Å². The van der Waals surface area contributed by atoms with E-state index in [1.54, 1.807) is 31.0 Å². The normalized spacial score (nSPS) is 21.2. The summed E-state index contributed by atoms with van der Waals surface area (Å²) in [5.74, 6) is -2.76. The Hall–Kier alpha value is -0.563. The number of carbonyl (C=O) groups is 1. The van der Waals surface area contributed by atoms with Gasteiger partial charge in [-0.1, -0.05) is 64.6 Å². The van der Waals surface area contributed by atoms with Gasteiger partial charge in [-0.05, 0) is 5.54 Å². The monoisotopic (exact) mass is 316 g/mol. The molecule has 0 saturated carbocycles. The van der Waals surface area contributed by atoms with Crippen LogP contribution in [0, 0.1) is 0 Å². The molecule has 1 fully saturated rings. The minimum atomic E-state index is -5.08. The maximum Gasteiger partial charge on any atom is 0.490 e. The minimum Gasteiger partial charge on any atom is -0.475 e. The van der Waals surface area contributed by atoms with Crippen molar-refractivity contribution in [1.82, 2.24) is 0 Å². The molecule has 0 radical (unpaired) electrons. The van der Waals surface area contributed by atoms with Crippen LogP contribution in [0.3, 0.4) is 0 Å². The fourth-order valence-corrected chi connectivity index (χ4v) is 8.60. The van der Waals surface area contributed by atoms with Gasteiger partial charge < -0.3 is 10.6 Å². The van der Waals surface area contributed by atoms with Crippen molar-refractivity contribution < 1.29 is 28.5 Å². The van der Waals surface area contributed by atoms with Crippen LogP contribution < -0.4 is 0 Å². The van der Waals surface area contributed by atoms with Crippen LogP contribution >= 0.6 is 0 Å². The lowest BCUT2D eigenvalue weighted by molar-refractivity contribution is -0.192. The van der Waals surface area contributed by atoms with Crippen LogP contribution in [0.15, 0.2) is 0 Å². The highest BCUT2D eigenvalue weighted by atomic mass is 28.3. The van der Waals surface area contributed by atoms with Gasteiger partial charge in [-0.15, -0.1) is 0 Å². The van der Waals surface area contributed by atoms with Gasteiger partial charge in [0.25, 0.3) is 0 Å². The molecule has 1 aliphatic heterocycles. The molecule has 20 heavy (non-hydrogen) atoms. The number of carboxylic acids is 1. The number of halogens is 3. The van der Waals surface area contributed by atoms with Crippen LogP contribution in [0.5, 0.6) is 0 Å². The molecule has 3 nitrogen and oxygen atoms in total. The van der Waals surface area contributed by atoms with E-state index in [4.69, 9.17) is 9.90 Å². The molecule has 1 heterocycles. The fourth-order valence-electron chi connectivity index (χ4n) is 3.20. The molecule has 1 rings (SSSR count). The van der Waals surface area contributed by atoms with Crippen LogP contribution in [-0.2, 0) is 4.79 Å². The SMILES string of the molecule is CCC1CCCC[Si]1(CC)CC.O.O=C(O)C(F)(F)F. The summed E-state index contributed by atoms with van der Waals surface area (Å²) in [5.41, 5.74) is 1.17. The molecule has 0 spiro atoms. The summed E-state index contributed by atoms with van der Waals surface area (Å²) in [7, 11) is -0.760. The van der Waals surface area contributed by atoms with E-state index in [0.29, 0.717) is 0 Å². The Balaban J connectivity index is 0. The average molecular weight is 316 g/mol. The third-order valence-electron chi connectivity index (χ3n) is 4.49. The van der Waals surface area contributed by atoms with Crippen LogP contribution in [0.25, 0.3) is 0 Å². The lowest BCUT2D eigenvalue weighted by atomic mass is 10.1. The second kappa shape index (κ2) is 9.39. The van der Waals surface area contributed by atoms with Crippen LogP contribution in [-0.4, -0.2) is 30.8 Å². The number of carboxylic acid groups (broad SMARTS) is 1. The summed E-state index contributed by atoms with van der Waals surface area (Å²) < 4.78 is 31.7. The predicted molar refractivity (Wildman–Crippen MR) is 76.7 cm³/mol. The van der Waals surface area contributed by atoms with Gasteiger partial charge in [0.15, 0.2) is 0 Å². The first kappa shape index (κ1) is 21.7. The van der Waals surface area contributed by atoms with Crippen molar-refractivity contribution >= 4 is 14.0 Å². The summed E-state index contributed by atoms with van der Waals surface area (Å²) in [6, 6.07) is 4.72. The highest BCUT2D eigenvalue weighted by Crippen LogP contribution is 2.44. The van der Waals surface area contributed by atoms with Crippen molar-refractivity contribution in [3.05, 3.63) is 0 Å². The average Bonchev–Trinajstić information content (AvgIpc) is 2.38. The van der Waals surface area contributed by atoms with Gasteiger partial charge >= 0.3 is 12.1 Å². The highest BCUT2D eigenvalue weighted by molar-refractivity contribution is 6.81. The summed E-state index contributed by atoms with van der Waals surface area (Å²) >= 11 is 0. The summed E-state index contributed by atoms with van der Waals surface area (Å²) in [6.45, 7) is 7.30. The van der Waals surface area contributed by atoms with Crippen molar-refractivity contribution in [2.75, 3.05) is 0 Å². The van der Waals surface area contributed by atoms with Crippen LogP contribution in [0.4, 0.5) is 13.2 Å². The Kier molecular flexibility index (Phi) is 10.2. The molecular weight excluding hydrogens is 289 g/mol. The van der Waals surface area contributed by atoms with Crippen LogP contribution in [0.2, 0.25) is 23.7 Å². The first-order valence-corrected chi connectivity index (χ1v) is 9.73. The molecule has 0 bridgehead atoms. The summed E-state index contributed by atoms with van der Waals surface area (Å²) in [5, 5.41) is 7.12. The molecule has 0 aliphatic carbocycles. The maximum atomic E-state index is 10.6. The lowest BCUT2D eigenvalue weighted by Gasteiger charge is -2.41. The molecule has 1 saturated heterocycles. The molecule has 0 aromatic carbocycles. The smallest absolute Gasteiger partial charge is 0.475 e. The van der Waals surface area contributed by atoms with E-state index in [9.17, 15) is 13.2 Å². The zero-order valence-corrected chi connectivity index (χ0v) is 13.5. The van der Waals surface area contributed by atoms with Gasteiger partial charge in [0, 0.05) is 0 Å². The largest absolute Gasteiger partial charge is 0.490 e. The Morgan fingerprint density at radius 3 is 1.90 bits per heavy atom. The number of rotatable bonds is 3. The van der Waals surface area contributed by atoms with Gasteiger partial charge in [0.1, 0.15) is 0 Å². The molecule has 0 amide bonds. The zero-order valence-electron chi connectivity index (χ0n) is 12.5. The fraction of sp³-hybridized carbons (Fsp3) is 0.923. The second-order valence-electron chi connectivity index (χ2n) is 5.22. The summed E-state index contributed by atoms with van der Waals surface area (Å²) in [4.78, 5) is 8.90. The molecule has 1 unspecified atom stereocenters. The van der Waals surface area contributed by atoms with E-state index in [-0.39, 0.29) is 5.48 Å². The van der Waals surface area contributed by atoms with Crippen molar-refractivity contribution in [2.24, 2.45) is 0 Å². The van der Waals surface area contributed by atoms with Crippen molar-refractivity contribution in [1.29, 1.82) is 0 Å². The van der Waals surface area contributed by atoms with Crippen LogP contribution in [0.1, 0.15) is 46.5 Å². The predicted octanol–water partition coefficient (Wildman–Crippen LogP) is 4.25. The molecule has 3 N–H and O–H groups in total. The number of hydrogen-bond acceptors (Lipinski definition) is 1. The summed E-state index contributed by atoms with van der Waals surface area (Å²) in [6.07, 6.45) is 1.01. The molecule has 122 valence electrons. The third-order valence-corrected chi connectivity index (χ3v) is 11.1. The molecule has 1 atom stereocenters.